The van der Waals surface area contributed by atoms with Gasteiger partial charge in [-0.05, 0) is 54.8 Å². The SMILES string of the molecule is COc1ccc(Cl)cc1CC(N)c1cc(C)ccn1. The Labute approximate surface area is 118 Å². The summed E-state index contributed by atoms with van der Waals surface area (Å²) in [5.41, 5.74) is 9.23. The van der Waals surface area contributed by atoms with Crippen LogP contribution < -0.4 is 10.5 Å². The number of pyridine rings is 1. The van der Waals surface area contributed by atoms with Crippen LogP contribution in [0.15, 0.2) is 36.5 Å². The van der Waals surface area contributed by atoms with Gasteiger partial charge in [-0.2, -0.15) is 0 Å². The number of rotatable bonds is 4. The maximum absolute atomic E-state index is 6.21. The molecule has 1 unspecified atom stereocenters. The summed E-state index contributed by atoms with van der Waals surface area (Å²) < 4.78 is 5.33. The molecule has 0 aliphatic carbocycles. The van der Waals surface area contributed by atoms with Crippen molar-refractivity contribution in [3.05, 3.63) is 58.4 Å². The van der Waals surface area contributed by atoms with Crippen LogP contribution in [0.1, 0.15) is 22.9 Å². The van der Waals surface area contributed by atoms with Gasteiger partial charge < -0.3 is 10.5 Å². The van der Waals surface area contributed by atoms with Gasteiger partial charge in [0.1, 0.15) is 5.75 Å². The van der Waals surface area contributed by atoms with Gasteiger partial charge in [-0.25, -0.2) is 0 Å². The van der Waals surface area contributed by atoms with Crippen molar-refractivity contribution in [2.75, 3.05) is 7.11 Å². The van der Waals surface area contributed by atoms with Crippen molar-refractivity contribution in [3.8, 4) is 5.75 Å². The highest BCUT2D eigenvalue weighted by molar-refractivity contribution is 6.30. The second-order valence-electron chi connectivity index (χ2n) is 4.52. The molecule has 2 rings (SSSR count). The Balaban J connectivity index is 2.23. The van der Waals surface area contributed by atoms with Crippen LogP contribution in [-0.2, 0) is 6.42 Å². The smallest absolute Gasteiger partial charge is 0.122 e. The van der Waals surface area contributed by atoms with Gasteiger partial charge >= 0.3 is 0 Å². The van der Waals surface area contributed by atoms with Crippen LogP contribution in [-0.4, -0.2) is 12.1 Å². The molecule has 1 aromatic heterocycles. The van der Waals surface area contributed by atoms with E-state index in [9.17, 15) is 0 Å². The Hall–Kier alpha value is -1.58. The monoisotopic (exact) mass is 276 g/mol. The van der Waals surface area contributed by atoms with E-state index in [2.05, 4.69) is 4.98 Å². The molecule has 0 saturated heterocycles. The molecule has 0 fully saturated rings. The lowest BCUT2D eigenvalue weighted by Crippen LogP contribution is -2.15. The quantitative estimate of drug-likeness (QED) is 0.932. The molecule has 19 heavy (non-hydrogen) atoms. The summed E-state index contributed by atoms with van der Waals surface area (Å²) >= 11 is 6.02. The zero-order chi connectivity index (χ0) is 13.8. The molecule has 0 saturated carbocycles. The topological polar surface area (TPSA) is 48.1 Å². The summed E-state index contributed by atoms with van der Waals surface area (Å²) in [5.74, 6) is 0.799. The third-order valence-corrected chi connectivity index (χ3v) is 3.23. The van der Waals surface area contributed by atoms with E-state index in [1.54, 1.807) is 19.4 Å². The van der Waals surface area contributed by atoms with Crippen LogP contribution in [0.2, 0.25) is 5.02 Å². The minimum atomic E-state index is -0.174. The lowest BCUT2D eigenvalue weighted by Gasteiger charge is -2.14. The van der Waals surface area contributed by atoms with Crippen LogP contribution >= 0.6 is 11.6 Å². The fourth-order valence-corrected chi connectivity index (χ4v) is 2.21. The highest BCUT2D eigenvalue weighted by atomic mass is 35.5. The molecule has 0 amide bonds. The Bertz CT molecular complexity index is 572. The zero-order valence-corrected chi connectivity index (χ0v) is 11.8. The number of nitrogens with two attached hydrogens (primary N) is 1. The first-order valence-electron chi connectivity index (χ1n) is 6.10. The standard InChI is InChI=1S/C15H17ClN2O/c1-10-5-6-18-14(7-10)13(17)9-11-8-12(16)3-4-15(11)19-2/h3-8,13H,9,17H2,1-2H3. The molecule has 0 radical (unpaired) electrons. The third kappa shape index (κ3) is 3.46. The molecule has 4 heteroatoms. The molecule has 0 aliphatic rings. The van der Waals surface area contributed by atoms with Crippen LogP contribution in [0.3, 0.4) is 0 Å². The van der Waals surface area contributed by atoms with Crippen molar-refractivity contribution in [1.29, 1.82) is 0 Å². The first-order valence-corrected chi connectivity index (χ1v) is 6.48. The van der Waals surface area contributed by atoms with Gasteiger partial charge in [0.2, 0.25) is 0 Å². The number of ether oxygens (including phenoxy) is 1. The number of hydrogen-bond acceptors (Lipinski definition) is 3. The van der Waals surface area contributed by atoms with Gasteiger partial charge in [0, 0.05) is 11.2 Å². The van der Waals surface area contributed by atoms with Gasteiger partial charge in [-0.1, -0.05) is 11.6 Å². The van der Waals surface area contributed by atoms with Gasteiger partial charge in [0.05, 0.1) is 18.8 Å². The van der Waals surface area contributed by atoms with Crippen LogP contribution in [0.5, 0.6) is 5.75 Å². The lowest BCUT2D eigenvalue weighted by atomic mass is 10.0. The van der Waals surface area contributed by atoms with Crippen molar-refractivity contribution in [3.63, 3.8) is 0 Å². The van der Waals surface area contributed by atoms with Crippen LogP contribution in [0.25, 0.3) is 0 Å². The van der Waals surface area contributed by atoms with E-state index in [1.165, 1.54) is 0 Å². The second-order valence-corrected chi connectivity index (χ2v) is 4.96. The van der Waals surface area contributed by atoms with E-state index in [4.69, 9.17) is 22.1 Å². The zero-order valence-electron chi connectivity index (χ0n) is 11.1. The number of aromatic nitrogens is 1. The maximum atomic E-state index is 6.21. The second kappa shape index (κ2) is 6.04. The van der Waals surface area contributed by atoms with E-state index >= 15 is 0 Å². The highest BCUT2D eigenvalue weighted by Gasteiger charge is 2.12. The first kappa shape index (κ1) is 13.8. The fourth-order valence-electron chi connectivity index (χ4n) is 2.01. The molecule has 2 aromatic rings. The molecular formula is C15H17ClN2O. The predicted molar refractivity (Wildman–Crippen MR) is 77.6 cm³/mol. The molecule has 3 nitrogen and oxygen atoms in total. The Morgan fingerprint density at radius 1 is 1.32 bits per heavy atom. The molecule has 100 valence electrons. The average Bonchev–Trinajstić information content (AvgIpc) is 2.39. The number of aryl methyl sites for hydroxylation is 1. The van der Waals surface area contributed by atoms with E-state index in [0.717, 1.165) is 22.6 Å². The molecule has 2 N–H and O–H groups in total. The minimum Gasteiger partial charge on any atom is -0.496 e. The highest BCUT2D eigenvalue weighted by Crippen LogP contribution is 2.26. The van der Waals surface area contributed by atoms with Crippen molar-refractivity contribution >= 4 is 11.6 Å². The normalized spacial score (nSPS) is 12.2. The fraction of sp³-hybridized carbons (Fsp3) is 0.267. The van der Waals surface area contributed by atoms with Crippen LogP contribution in [0, 0.1) is 6.92 Å². The Morgan fingerprint density at radius 2 is 2.11 bits per heavy atom. The summed E-state index contributed by atoms with van der Waals surface area (Å²) in [6.45, 7) is 2.03. The summed E-state index contributed by atoms with van der Waals surface area (Å²) in [7, 11) is 1.64. The van der Waals surface area contributed by atoms with Crippen LogP contribution in [0.4, 0.5) is 0 Å². The molecule has 0 aliphatic heterocycles. The third-order valence-electron chi connectivity index (χ3n) is 3.00. The van der Waals surface area contributed by atoms with Crippen molar-refractivity contribution in [2.45, 2.75) is 19.4 Å². The van der Waals surface area contributed by atoms with Gasteiger partial charge in [0.15, 0.2) is 0 Å². The number of benzene rings is 1. The molecule has 1 atom stereocenters. The molecule has 1 aromatic carbocycles. The van der Waals surface area contributed by atoms with Crippen molar-refractivity contribution < 1.29 is 4.74 Å². The predicted octanol–water partition coefficient (Wildman–Crippen LogP) is 3.29. The van der Waals surface area contributed by atoms with Gasteiger partial charge in [0.25, 0.3) is 0 Å². The maximum Gasteiger partial charge on any atom is 0.122 e. The first-order chi connectivity index (χ1) is 9.10. The Morgan fingerprint density at radius 3 is 2.79 bits per heavy atom. The number of halogens is 1. The van der Waals surface area contributed by atoms with Gasteiger partial charge in [-0.3, -0.25) is 4.98 Å². The van der Waals surface area contributed by atoms with E-state index < -0.39 is 0 Å². The average molecular weight is 277 g/mol. The van der Waals surface area contributed by atoms with Crippen molar-refractivity contribution in [1.82, 2.24) is 4.98 Å². The largest absolute Gasteiger partial charge is 0.496 e. The number of methoxy groups -OCH3 is 1. The lowest BCUT2D eigenvalue weighted by molar-refractivity contribution is 0.408. The summed E-state index contributed by atoms with van der Waals surface area (Å²) in [6.07, 6.45) is 2.42. The van der Waals surface area contributed by atoms with Crippen molar-refractivity contribution in [2.24, 2.45) is 5.73 Å². The summed E-state index contributed by atoms with van der Waals surface area (Å²) in [4.78, 5) is 4.31. The molecular weight excluding hydrogens is 260 g/mol. The van der Waals surface area contributed by atoms with E-state index in [1.807, 2.05) is 31.2 Å². The van der Waals surface area contributed by atoms with E-state index in [-0.39, 0.29) is 6.04 Å². The minimum absolute atomic E-state index is 0.174. The molecule has 1 heterocycles. The van der Waals surface area contributed by atoms with Gasteiger partial charge in [-0.15, -0.1) is 0 Å². The number of nitrogens with zero attached hydrogens (tertiary/aromatic N) is 1. The van der Waals surface area contributed by atoms with E-state index in [0.29, 0.717) is 11.4 Å². The molecule has 0 spiro atoms. The molecule has 0 bridgehead atoms. The number of hydrogen-bond donors (Lipinski definition) is 1. The summed E-state index contributed by atoms with van der Waals surface area (Å²) in [6, 6.07) is 9.33. The Kier molecular flexibility index (Phi) is 4.40. The summed E-state index contributed by atoms with van der Waals surface area (Å²) in [5, 5.41) is 0.681.